The normalized spacial score (nSPS) is 10.6. The van der Waals surface area contributed by atoms with Crippen LogP contribution >= 0.6 is 0 Å². The summed E-state index contributed by atoms with van der Waals surface area (Å²) in [6.07, 6.45) is 3.04. The van der Waals surface area contributed by atoms with E-state index in [9.17, 15) is 4.39 Å². The van der Waals surface area contributed by atoms with Crippen LogP contribution in [0.2, 0.25) is 0 Å². The predicted octanol–water partition coefficient (Wildman–Crippen LogP) is 3.84. The molecule has 0 amide bonds. The minimum atomic E-state index is -0.302. The largest absolute Gasteiger partial charge is 0.368 e. The molecule has 0 aliphatic heterocycles. The van der Waals surface area contributed by atoms with Crippen LogP contribution in [0.25, 0.3) is 22.3 Å². The summed E-state index contributed by atoms with van der Waals surface area (Å²) >= 11 is 0. The summed E-state index contributed by atoms with van der Waals surface area (Å²) < 4.78 is 14.4. The van der Waals surface area contributed by atoms with E-state index < -0.39 is 0 Å². The first-order valence-corrected chi connectivity index (χ1v) is 6.58. The van der Waals surface area contributed by atoms with Crippen molar-refractivity contribution in [1.82, 2.24) is 9.97 Å². The molecular weight excluding hydrogens is 265 g/mol. The van der Waals surface area contributed by atoms with Gasteiger partial charge in [0, 0.05) is 23.5 Å². The van der Waals surface area contributed by atoms with Crippen molar-refractivity contribution in [2.75, 3.05) is 5.73 Å². The van der Waals surface area contributed by atoms with Crippen LogP contribution in [-0.4, -0.2) is 9.97 Å². The third-order valence-electron chi connectivity index (χ3n) is 3.41. The van der Waals surface area contributed by atoms with Gasteiger partial charge in [0.1, 0.15) is 5.82 Å². The van der Waals surface area contributed by atoms with E-state index in [-0.39, 0.29) is 11.8 Å². The molecule has 2 aromatic carbocycles. The lowest BCUT2D eigenvalue weighted by atomic mass is 9.98. The van der Waals surface area contributed by atoms with Gasteiger partial charge < -0.3 is 5.73 Å². The Morgan fingerprint density at radius 3 is 2.29 bits per heavy atom. The lowest BCUT2D eigenvalue weighted by Gasteiger charge is -2.08. The van der Waals surface area contributed by atoms with Crippen LogP contribution in [-0.2, 0) is 0 Å². The van der Waals surface area contributed by atoms with Crippen LogP contribution in [0, 0.1) is 12.7 Å². The molecule has 0 atom stereocenters. The maximum absolute atomic E-state index is 14.4. The molecule has 0 radical (unpaired) electrons. The molecule has 0 fully saturated rings. The molecule has 1 aromatic heterocycles. The second-order valence-electron chi connectivity index (χ2n) is 4.84. The van der Waals surface area contributed by atoms with Gasteiger partial charge in [0.2, 0.25) is 5.95 Å². The van der Waals surface area contributed by atoms with Crippen LogP contribution in [0.3, 0.4) is 0 Å². The molecule has 3 nitrogen and oxygen atoms in total. The zero-order chi connectivity index (χ0) is 14.8. The first-order chi connectivity index (χ1) is 10.1. The number of nitrogens with two attached hydrogens (primary N) is 1. The van der Waals surface area contributed by atoms with Crippen LogP contribution in [0.1, 0.15) is 5.56 Å². The van der Waals surface area contributed by atoms with Gasteiger partial charge in [-0.15, -0.1) is 0 Å². The average molecular weight is 279 g/mol. The predicted molar refractivity (Wildman–Crippen MR) is 82.0 cm³/mol. The number of aryl methyl sites for hydroxylation is 1. The molecule has 1 heterocycles. The minimum Gasteiger partial charge on any atom is -0.368 e. The van der Waals surface area contributed by atoms with Crippen LogP contribution in [0.15, 0.2) is 54.9 Å². The van der Waals surface area contributed by atoms with Crippen molar-refractivity contribution in [1.29, 1.82) is 0 Å². The van der Waals surface area contributed by atoms with Gasteiger partial charge in [0.25, 0.3) is 0 Å². The van der Waals surface area contributed by atoms with Gasteiger partial charge in [-0.3, -0.25) is 0 Å². The van der Waals surface area contributed by atoms with Gasteiger partial charge in [0.15, 0.2) is 0 Å². The highest BCUT2D eigenvalue weighted by atomic mass is 19.1. The molecule has 0 saturated carbocycles. The molecular formula is C17H14FN3. The van der Waals surface area contributed by atoms with E-state index in [1.54, 1.807) is 6.07 Å². The first kappa shape index (κ1) is 13.2. The number of hydrogen-bond donors (Lipinski definition) is 1. The number of aromatic nitrogens is 2. The van der Waals surface area contributed by atoms with Gasteiger partial charge in [-0.05, 0) is 29.7 Å². The highest BCUT2D eigenvalue weighted by molar-refractivity contribution is 5.72. The summed E-state index contributed by atoms with van der Waals surface area (Å²) in [5.74, 6) is -0.125. The van der Waals surface area contributed by atoms with Crippen LogP contribution < -0.4 is 5.73 Å². The fourth-order valence-electron chi connectivity index (χ4n) is 2.29. The summed E-state index contributed by atoms with van der Waals surface area (Å²) in [5, 5.41) is 0. The Morgan fingerprint density at radius 1 is 0.905 bits per heavy atom. The Hall–Kier alpha value is -2.75. The SMILES string of the molecule is Cc1ccccc1-c1ccc(-c2cnc(N)nc2)c(F)c1. The molecule has 21 heavy (non-hydrogen) atoms. The minimum absolute atomic E-state index is 0.177. The third-order valence-corrected chi connectivity index (χ3v) is 3.41. The summed E-state index contributed by atoms with van der Waals surface area (Å²) in [4.78, 5) is 7.78. The summed E-state index contributed by atoms with van der Waals surface area (Å²) in [6, 6.07) is 13.1. The number of anilines is 1. The Kier molecular flexibility index (Phi) is 3.36. The fraction of sp³-hybridized carbons (Fsp3) is 0.0588. The monoisotopic (exact) mass is 279 g/mol. The van der Waals surface area contributed by atoms with E-state index in [0.717, 1.165) is 16.7 Å². The zero-order valence-corrected chi connectivity index (χ0v) is 11.5. The molecule has 0 bridgehead atoms. The Bertz CT molecular complexity index is 782. The highest BCUT2D eigenvalue weighted by Gasteiger charge is 2.09. The number of benzene rings is 2. The van der Waals surface area contributed by atoms with Crippen molar-refractivity contribution in [3.8, 4) is 22.3 Å². The number of nitrogen functional groups attached to an aromatic ring is 1. The van der Waals surface area contributed by atoms with Gasteiger partial charge in [0.05, 0.1) is 0 Å². The lowest BCUT2D eigenvalue weighted by Crippen LogP contribution is -1.95. The second-order valence-corrected chi connectivity index (χ2v) is 4.84. The topological polar surface area (TPSA) is 51.8 Å². The van der Waals surface area contributed by atoms with Crippen molar-refractivity contribution >= 4 is 5.95 Å². The Labute approximate surface area is 122 Å². The molecule has 3 aromatic rings. The average Bonchev–Trinajstić information content (AvgIpc) is 2.49. The van der Waals surface area contributed by atoms with Gasteiger partial charge in [-0.2, -0.15) is 0 Å². The molecule has 0 spiro atoms. The zero-order valence-electron chi connectivity index (χ0n) is 11.5. The summed E-state index contributed by atoms with van der Waals surface area (Å²) in [6.45, 7) is 2.01. The van der Waals surface area contributed by atoms with Gasteiger partial charge in [-0.25, -0.2) is 14.4 Å². The van der Waals surface area contributed by atoms with Crippen LogP contribution in [0.5, 0.6) is 0 Å². The molecule has 4 heteroatoms. The van der Waals surface area contributed by atoms with Crippen LogP contribution in [0.4, 0.5) is 10.3 Å². The molecule has 0 unspecified atom stereocenters. The number of rotatable bonds is 2. The van der Waals surface area contributed by atoms with Crippen molar-refractivity contribution in [2.45, 2.75) is 6.92 Å². The Morgan fingerprint density at radius 2 is 1.62 bits per heavy atom. The number of hydrogen-bond acceptors (Lipinski definition) is 3. The maximum atomic E-state index is 14.4. The molecule has 3 rings (SSSR count). The summed E-state index contributed by atoms with van der Waals surface area (Å²) in [7, 11) is 0. The second kappa shape index (κ2) is 5.32. The number of nitrogens with zero attached hydrogens (tertiary/aromatic N) is 2. The standard InChI is InChI=1S/C17H14FN3/c1-11-4-2-3-5-14(11)12-6-7-15(16(18)8-12)13-9-20-17(19)21-10-13/h2-10H,1H3,(H2,19,20,21). The van der Waals surface area contributed by atoms with Crippen molar-refractivity contribution in [3.05, 3.63) is 66.2 Å². The smallest absolute Gasteiger partial charge is 0.219 e. The first-order valence-electron chi connectivity index (χ1n) is 6.58. The highest BCUT2D eigenvalue weighted by Crippen LogP contribution is 2.29. The van der Waals surface area contributed by atoms with E-state index in [1.165, 1.54) is 18.5 Å². The van der Waals surface area contributed by atoms with E-state index in [4.69, 9.17) is 5.73 Å². The van der Waals surface area contributed by atoms with Gasteiger partial charge in [-0.1, -0.05) is 36.4 Å². The van der Waals surface area contributed by atoms with E-state index in [1.807, 2.05) is 37.3 Å². The molecule has 104 valence electrons. The van der Waals surface area contributed by atoms with Crippen molar-refractivity contribution in [2.24, 2.45) is 0 Å². The summed E-state index contributed by atoms with van der Waals surface area (Å²) in [5.41, 5.74) is 9.51. The van der Waals surface area contributed by atoms with Crippen molar-refractivity contribution in [3.63, 3.8) is 0 Å². The Balaban J connectivity index is 2.04. The van der Waals surface area contributed by atoms with Gasteiger partial charge >= 0.3 is 0 Å². The molecule has 0 aliphatic rings. The maximum Gasteiger partial charge on any atom is 0.219 e. The third kappa shape index (κ3) is 2.60. The quantitative estimate of drug-likeness (QED) is 0.775. The van der Waals surface area contributed by atoms with E-state index >= 15 is 0 Å². The fourth-order valence-corrected chi connectivity index (χ4v) is 2.29. The van der Waals surface area contributed by atoms with Crippen molar-refractivity contribution < 1.29 is 4.39 Å². The molecule has 0 aliphatic carbocycles. The van der Waals surface area contributed by atoms with E-state index in [0.29, 0.717) is 11.1 Å². The van der Waals surface area contributed by atoms with E-state index in [2.05, 4.69) is 9.97 Å². The lowest BCUT2D eigenvalue weighted by molar-refractivity contribution is 0.631. The number of halogens is 1. The molecule has 0 saturated heterocycles. The molecule has 2 N–H and O–H groups in total.